The smallest absolute Gasteiger partial charge is 0.360 e. The average Bonchev–Trinajstić information content (AvgIpc) is 2.57. The normalized spacial score (nSPS) is 14.5. The first-order chi connectivity index (χ1) is 11.7. The number of aliphatic hydroxyl groups is 4. The lowest BCUT2D eigenvalue weighted by Crippen LogP contribution is -2.43. The van der Waals surface area contributed by atoms with Gasteiger partial charge in [-0.3, -0.25) is 4.79 Å². The Kier molecular flexibility index (Phi) is 6.95. The Balaban J connectivity index is 0.00000338. The second-order valence-corrected chi connectivity index (χ2v) is 5.91. The van der Waals surface area contributed by atoms with Crippen LogP contribution in [-0.2, 0) is 6.54 Å². The molecular formula is C16H22N2O8. The molecule has 1 aromatic heterocycles. The number of rotatable bonds is 6. The number of carboxylic acid groups (broad SMARTS) is 1. The van der Waals surface area contributed by atoms with Crippen LogP contribution in [0.4, 0.5) is 0 Å². The summed E-state index contributed by atoms with van der Waals surface area (Å²) in [6.45, 7) is 2.36. The molecule has 3 atom stereocenters. The minimum absolute atomic E-state index is 0. The Bertz CT molecular complexity index is 863. The maximum absolute atomic E-state index is 12.4. The van der Waals surface area contributed by atoms with Gasteiger partial charge in [-0.1, -0.05) is 0 Å². The highest BCUT2D eigenvalue weighted by Gasteiger charge is 2.26. The SMILES string of the molecule is Cc1cc2nc(C(=O)O)c(=O)n(C[C@H](O)[C@H](O)[C@H](O)CO)c2cc1C.O. The van der Waals surface area contributed by atoms with E-state index in [9.17, 15) is 30.0 Å². The third-order valence-corrected chi connectivity index (χ3v) is 4.11. The Morgan fingerprint density at radius 3 is 2.27 bits per heavy atom. The molecule has 0 saturated heterocycles. The van der Waals surface area contributed by atoms with Crippen LogP contribution in [0.3, 0.4) is 0 Å². The summed E-state index contributed by atoms with van der Waals surface area (Å²) in [4.78, 5) is 27.6. The van der Waals surface area contributed by atoms with E-state index in [2.05, 4.69) is 4.98 Å². The molecule has 0 spiro atoms. The number of fused-ring (bicyclic) bond motifs is 1. The number of nitrogens with zero attached hydrogens (tertiary/aromatic N) is 2. The molecule has 7 N–H and O–H groups in total. The summed E-state index contributed by atoms with van der Waals surface area (Å²) < 4.78 is 0.996. The van der Waals surface area contributed by atoms with Gasteiger partial charge < -0.3 is 35.6 Å². The summed E-state index contributed by atoms with van der Waals surface area (Å²) in [5, 5.41) is 47.3. The number of hydrogen-bond donors (Lipinski definition) is 5. The molecule has 0 unspecified atom stereocenters. The average molecular weight is 370 g/mol. The molecule has 144 valence electrons. The third-order valence-electron chi connectivity index (χ3n) is 4.11. The van der Waals surface area contributed by atoms with E-state index in [1.807, 2.05) is 6.92 Å². The van der Waals surface area contributed by atoms with Gasteiger partial charge in [0.15, 0.2) is 0 Å². The van der Waals surface area contributed by atoms with Gasteiger partial charge in [0.1, 0.15) is 18.3 Å². The molecule has 1 aromatic carbocycles. The van der Waals surface area contributed by atoms with Crippen molar-refractivity contribution in [3.8, 4) is 0 Å². The zero-order chi connectivity index (χ0) is 18.9. The lowest BCUT2D eigenvalue weighted by molar-refractivity contribution is -0.0805. The van der Waals surface area contributed by atoms with Crippen molar-refractivity contribution in [1.82, 2.24) is 9.55 Å². The van der Waals surface area contributed by atoms with Crippen LogP contribution >= 0.6 is 0 Å². The van der Waals surface area contributed by atoms with Gasteiger partial charge >= 0.3 is 5.97 Å². The Morgan fingerprint density at radius 2 is 1.73 bits per heavy atom. The number of hydrogen-bond acceptors (Lipinski definition) is 7. The number of aryl methyl sites for hydroxylation is 2. The number of benzene rings is 1. The minimum Gasteiger partial charge on any atom is -0.476 e. The Labute approximate surface area is 147 Å². The van der Waals surface area contributed by atoms with E-state index in [1.54, 1.807) is 19.1 Å². The number of aromatic carboxylic acids is 1. The molecule has 0 fully saturated rings. The monoisotopic (exact) mass is 370 g/mol. The molecule has 10 nitrogen and oxygen atoms in total. The molecule has 2 rings (SSSR count). The fourth-order valence-corrected chi connectivity index (χ4v) is 2.48. The standard InChI is InChI=1S/C16H20N2O7.H2O/c1-7-3-9-10(4-8(7)2)18(15(23)13(17-9)16(24)25)5-11(20)14(22)12(21)6-19;/h3-4,11-12,14,19-22H,5-6H2,1-2H3,(H,24,25);1H2/t11-,12+,14-;/m0./s1. The maximum atomic E-state index is 12.4. The molecule has 1 heterocycles. The van der Waals surface area contributed by atoms with E-state index in [4.69, 9.17) is 5.11 Å². The first kappa shape index (κ1) is 21.7. The molecule has 0 amide bonds. The van der Waals surface area contributed by atoms with Crippen LogP contribution in [0.5, 0.6) is 0 Å². The van der Waals surface area contributed by atoms with Crippen LogP contribution in [0.1, 0.15) is 21.6 Å². The van der Waals surface area contributed by atoms with Crippen LogP contribution < -0.4 is 5.56 Å². The molecule has 10 heteroatoms. The van der Waals surface area contributed by atoms with E-state index >= 15 is 0 Å². The summed E-state index contributed by atoms with van der Waals surface area (Å²) in [5.41, 5.74) is 0.578. The van der Waals surface area contributed by atoms with Crippen molar-refractivity contribution in [3.05, 3.63) is 39.3 Å². The number of aliphatic hydroxyl groups excluding tert-OH is 4. The highest BCUT2D eigenvalue weighted by molar-refractivity contribution is 5.88. The van der Waals surface area contributed by atoms with Crippen molar-refractivity contribution >= 4 is 17.0 Å². The van der Waals surface area contributed by atoms with Crippen LogP contribution in [-0.4, -0.2) is 71.4 Å². The van der Waals surface area contributed by atoms with Crippen LogP contribution in [0, 0.1) is 13.8 Å². The van der Waals surface area contributed by atoms with Crippen molar-refractivity contribution in [2.75, 3.05) is 6.61 Å². The lowest BCUT2D eigenvalue weighted by Gasteiger charge is -2.23. The van der Waals surface area contributed by atoms with Gasteiger partial charge in [0, 0.05) is 0 Å². The minimum atomic E-state index is -1.71. The van der Waals surface area contributed by atoms with E-state index in [0.29, 0.717) is 5.52 Å². The van der Waals surface area contributed by atoms with E-state index in [-0.39, 0.29) is 11.0 Å². The van der Waals surface area contributed by atoms with Gasteiger partial charge in [0.05, 0.1) is 24.2 Å². The van der Waals surface area contributed by atoms with Gasteiger partial charge in [-0.05, 0) is 37.1 Å². The molecule has 2 aromatic rings. The molecule has 0 aliphatic heterocycles. The summed E-state index contributed by atoms with van der Waals surface area (Å²) in [6.07, 6.45) is -4.91. The fraction of sp³-hybridized carbons (Fsp3) is 0.438. The fourth-order valence-electron chi connectivity index (χ4n) is 2.48. The quantitative estimate of drug-likeness (QED) is 0.385. The van der Waals surface area contributed by atoms with Crippen LogP contribution in [0.15, 0.2) is 16.9 Å². The molecule has 0 radical (unpaired) electrons. The number of carbonyl (C=O) groups is 1. The van der Waals surface area contributed by atoms with Gasteiger partial charge in [-0.2, -0.15) is 0 Å². The molecule has 26 heavy (non-hydrogen) atoms. The van der Waals surface area contributed by atoms with Gasteiger partial charge in [-0.25, -0.2) is 9.78 Å². The van der Waals surface area contributed by atoms with Gasteiger partial charge in [-0.15, -0.1) is 0 Å². The van der Waals surface area contributed by atoms with E-state index < -0.39 is 48.7 Å². The predicted molar refractivity (Wildman–Crippen MR) is 91.2 cm³/mol. The highest BCUT2D eigenvalue weighted by atomic mass is 16.4. The van der Waals surface area contributed by atoms with Gasteiger partial charge in [0.25, 0.3) is 5.56 Å². The second kappa shape index (κ2) is 8.34. The first-order valence-electron chi connectivity index (χ1n) is 7.57. The van der Waals surface area contributed by atoms with Crippen molar-refractivity contribution < 1.29 is 35.8 Å². The van der Waals surface area contributed by atoms with Crippen molar-refractivity contribution in [2.24, 2.45) is 0 Å². The topological polar surface area (TPSA) is 185 Å². The van der Waals surface area contributed by atoms with Crippen LogP contribution in [0.25, 0.3) is 11.0 Å². The van der Waals surface area contributed by atoms with E-state index in [0.717, 1.165) is 15.7 Å². The Morgan fingerprint density at radius 1 is 1.15 bits per heavy atom. The molecule has 0 bridgehead atoms. The Hall–Kier alpha value is -2.37. The highest BCUT2D eigenvalue weighted by Crippen LogP contribution is 2.18. The predicted octanol–water partition coefficient (Wildman–Crippen LogP) is -2.04. The summed E-state index contributed by atoms with van der Waals surface area (Å²) in [6, 6.07) is 3.25. The molecule has 0 aliphatic rings. The van der Waals surface area contributed by atoms with E-state index in [1.165, 1.54) is 0 Å². The van der Waals surface area contributed by atoms with Crippen LogP contribution in [0.2, 0.25) is 0 Å². The summed E-state index contributed by atoms with van der Waals surface area (Å²) >= 11 is 0. The molecule has 0 saturated carbocycles. The zero-order valence-electron chi connectivity index (χ0n) is 14.2. The maximum Gasteiger partial charge on any atom is 0.360 e. The molecule has 0 aliphatic carbocycles. The van der Waals surface area contributed by atoms with Crippen molar-refractivity contribution in [3.63, 3.8) is 0 Å². The lowest BCUT2D eigenvalue weighted by atomic mass is 10.1. The number of aromatic nitrogens is 2. The summed E-state index contributed by atoms with van der Waals surface area (Å²) in [5.74, 6) is -1.51. The first-order valence-corrected chi connectivity index (χ1v) is 7.57. The third kappa shape index (κ3) is 4.06. The molecular weight excluding hydrogens is 348 g/mol. The van der Waals surface area contributed by atoms with Gasteiger partial charge in [0.2, 0.25) is 5.69 Å². The zero-order valence-corrected chi connectivity index (χ0v) is 14.2. The number of carboxylic acids is 1. The van der Waals surface area contributed by atoms with Crippen molar-refractivity contribution in [1.29, 1.82) is 0 Å². The van der Waals surface area contributed by atoms with Crippen molar-refractivity contribution in [2.45, 2.75) is 38.7 Å². The largest absolute Gasteiger partial charge is 0.476 e. The second-order valence-electron chi connectivity index (χ2n) is 5.91. The summed E-state index contributed by atoms with van der Waals surface area (Å²) in [7, 11) is 0.